The van der Waals surface area contributed by atoms with Crippen LogP contribution in [0, 0.1) is 20.8 Å². The predicted octanol–water partition coefficient (Wildman–Crippen LogP) is 2.81. The second kappa shape index (κ2) is 8.27. The van der Waals surface area contributed by atoms with E-state index in [9.17, 15) is 4.79 Å². The van der Waals surface area contributed by atoms with Crippen LogP contribution in [-0.2, 0) is 6.54 Å². The van der Waals surface area contributed by atoms with E-state index in [0.29, 0.717) is 12.6 Å². The summed E-state index contributed by atoms with van der Waals surface area (Å²) in [5.41, 5.74) is 4.21. The summed E-state index contributed by atoms with van der Waals surface area (Å²) < 4.78 is 0. The minimum absolute atomic E-state index is 0.144. The van der Waals surface area contributed by atoms with Gasteiger partial charge in [0.2, 0.25) is 5.82 Å². The molecule has 28 heavy (non-hydrogen) atoms. The second-order valence-electron chi connectivity index (χ2n) is 8.08. The third-order valence-corrected chi connectivity index (χ3v) is 5.60. The number of nitrogens with zero attached hydrogens (tertiary/aromatic N) is 5. The van der Waals surface area contributed by atoms with E-state index in [1.807, 2.05) is 26.0 Å². The second-order valence-corrected chi connectivity index (χ2v) is 8.08. The molecule has 1 aromatic carbocycles. The first-order valence-electron chi connectivity index (χ1n) is 9.84. The maximum absolute atomic E-state index is 13.0. The Morgan fingerprint density at radius 3 is 2.57 bits per heavy atom. The van der Waals surface area contributed by atoms with Gasteiger partial charge in [-0.3, -0.25) is 4.79 Å². The molecule has 1 aromatic heterocycles. The van der Waals surface area contributed by atoms with Gasteiger partial charge in [0.1, 0.15) is 5.82 Å². The van der Waals surface area contributed by atoms with E-state index in [0.717, 1.165) is 42.1 Å². The Bertz CT molecular complexity index is 864. The third-order valence-electron chi connectivity index (χ3n) is 5.60. The van der Waals surface area contributed by atoms with Crippen LogP contribution in [0.3, 0.4) is 0 Å². The lowest BCUT2D eigenvalue weighted by Crippen LogP contribution is -2.33. The van der Waals surface area contributed by atoms with Crippen molar-refractivity contribution in [3.8, 4) is 0 Å². The highest BCUT2D eigenvalue weighted by Crippen LogP contribution is 2.25. The Morgan fingerprint density at radius 1 is 1.18 bits per heavy atom. The number of aromatic nitrogens is 2. The monoisotopic (exact) mass is 381 g/mol. The number of amides is 1. The third kappa shape index (κ3) is 4.33. The van der Waals surface area contributed by atoms with Crippen LogP contribution < -0.4 is 4.90 Å². The lowest BCUT2D eigenvalue weighted by Gasteiger charge is -2.24. The molecule has 0 N–H and O–H groups in total. The fourth-order valence-electron chi connectivity index (χ4n) is 3.70. The van der Waals surface area contributed by atoms with Crippen molar-refractivity contribution in [1.29, 1.82) is 0 Å². The molecule has 1 fully saturated rings. The first kappa shape index (κ1) is 20.3. The first-order chi connectivity index (χ1) is 13.3. The number of aryl methyl sites for hydroxylation is 2. The summed E-state index contributed by atoms with van der Waals surface area (Å²) >= 11 is 0. The molecule has 6 heteroatoms. The summed E-state index contributed by atoms with van der Waals surface area (Å²) in [6, 6.07) is 8.72. The normalized spacial score (nSPS) is 16.7. The molecule has 2 aromatic rings. The van der Waals surface area contributed by atoms with E-state index in [1.165, 1.54) is 5.56 Å². The molecule has 1 aliphatic rings. The molecule has 1 aliphatic heterocycles. The van der Waals surface area contributed by atoms with Gasteiger partial charge < -0.3 is 14.7 Å². The van der Waals surface area contributed by atoms with Gasteiger partial charge in [-0.25, -0.2) is 9.97 Å². The zero-order chi connectivity index (χ0) is 20.4. The lowest BCUT2D eigenvalue weighted by molar-refractivity contribution is 0.0772. The topological polar surface area (TPSA) is 52.6 Å². The molecule has 0 aliphatic carbocycles. The van der Waals surface area contributed by atoms with Gasteiger partial charge in [-0.2, -0.15) is 0 Å². The van der Waals surface area contributed by atoms with Crippen LogP contribution in [0.5, 0.6) is 0 Å². The molecule has 150 valence electrons. The Hall–Kier alpha value is -2.47. The molecule has 0 saturated carbocycles. The number of hydrogen-bond acceptors (Lipinski definition) is 5. The molecule has 0 radical (unpaired) electrons. The van der Waals surface area contributed by atoms with Crippen LogP contribution in [0.1, 0.15) is 39.4 Å². The Kier molecular flexibility index (Phi) is 5.98. The maximum atomic E-state index is 13.0. The zero-order valence-corrected chi connectivity index (χ0v) is 17.9. The summed E-state index contributed by atoms with van der Waals surface area (Å²) in [4.78, 5) is 28.4. The van der Waals surface area contributed by atoms with Crippen molar-refractivity contribution in [3.63, 3.8) is 0 Å². The zero-order valence-electron chi connectivity index (χ0n) is 17.9. The van der Waals surface area contributed by atoms with Gasteiger partial charge in [0, 0.05) is 44.0 Å². The minimum atomic E-state index is -0.144. The van der Waals surface area contributed by atoms with Gasteiger partial charge in [-0.1, -0.05) is 29.8 Å². The van der Waals surface area contributed by atoms with Gasteiger partial charge in [0.05, 0.1) is 0 Å². The number of rotatable bonds is 5. The average molecular weight is 382 g/mol. The van der Waals surface area contributed by atoms with E-state index in [4.69, 9.17) is 4.98 Å². The van der Waals surface area contributed by atoms with Crippen LogP contribution in [-0.4, -0.2) is 65.9 Å². The van der Waals surface area contributed by atoms with Crippen molar-refractivity contribution in [3.05, 3.63) is 52.5 Å². The van der Waals surface area contributed by atoms with E-state index >= 15 is 0 Å². The highest BCUT2D eigenvalue weighted by atomic mass is 16.2. The van der Waals surface area contributed by atoms with E-state index in [-0.39, 0.29) is 11.7 Å². The highest BCUT2D eigenvalue weighted by Gasteiger charge is 2.28. The molecular formula is C22H31N5O. The minimum Gasteiger partial charge on any atom is -0.355 e. The smallest absolute Gasteiger partial charge is 0.291 e. The van der Waals surface area contributed by atoms with Crippen LogP contribution in [0.4, 0.5) is 5.82 Å². The Labute approximate surface area is 168 Å². The molecule has 0 unspecified atom stereocenters. The Morgan fingerprint density at radius 2 is 1.93 bits per heavy atom. The summed E-state index contributed by atoms with van der Waals surface area (Å²) in [5.74, 6) is 1.03. The van der Waals surface area contributed by atoms with Crippen LogP contribution in [0.2, 0.25) is 0 Å². The Balaban J connectivity index is 1.82. The lowest BCUT2D eigenvalue weighted by atomic mass is 10.1. The molecular weight excluding hydrogens is 350 g/mol. The van der Waals surface area contributed by atoms with Crippen LogP contribution in [0.25, 0.3) is 0 Å². The summed E-state index contributed by atoms with van der Waals surface area (Å²) in [7, 11) is 6.03. The average Bonchev–Trinajstić information content (AvgIpc) is 3.13. The molecule has 3 rings (SSSR count). The number of carbonyl (C=O) groups excluding carboxylic acids is 1. The van der Waals surface area contributed by atoms with Gasteiger partial charge in [0.25, 0.3) is 5.91 Å². The number of hydrogen-bond donors (Lipinski definition) is 0. The van der Waals surface area contributed by atoms with Crippen molar-refractivity contribution in [2.45, 2.75) is 39.8 Å². The summed E-state index contributed by atoms with van der Waals surface area (Å²) in [6.45, 7) is 8.47. The molecule has 1 atom stereocenters. The van der Waals surface area contributed by atoms with Gasteiger partial charge in [0.15, 0.2) is 0 Å². The number of benzene rings is 1. The van der Waals surface area contributed by atoms with Crippen molar-refractivity contribution in [2.75, 3.05) is 39.1 Å². The number of likely N-dealkylation sites (N-methyl/N-ethyl adjacent to an activating group) is 1. The molecule has 1 saturated heterocycles. The summed E-state index contributed by atoms with van der Waals surface area (Å²) in [6.07, 6.45) is 1.10. The SMILES string of the molecule is Cc1cccc(CN(C)C(=O)c2nc(C)c(C)c(N3CC[C@@H](N(C)C)C3)n2)c1. The van der Waals surface area contributed by atoms with E-state index in [1.54, 1.807) is 11.9 Å². The molecule has 6 nitrogen and oxygen atoms in total. The summed E-state index contributed by atoms with van der Waals surface area (Å²) in [5, 5.41) is 0. The molecule has 2 heterocycles. The highest BCUT2D eigenvalue weighted by molar-refractivity contribution is 5.90. The molecule has 0 bridgehead atoms. The van der Waals surface area contributed by atoms with Gasteiger partial charge in [-0.15, -0.1) is 0 Å². The molecule has 0 spiro atoms. The molecule has 1 amide bonds. The predicted molar refractivity (Wildman–Crippen MR) is 113 cm³/mol. The fourth-order valence-corrected chi connectivity index (χ4v) is 3.70. The number of carbonyl (C=O) groups is 1. The number of anilines is 1. The first-order valence-corrected chi connectivity index (χ1v) is 9.84. The fraction of sp³-hybridized carbons (Fsp3) is 0.500. The quantitative estimate of drug-likeness (QED) is 0.797. The standard InChI is InChI=1S/C22H31N5O/c1-15-8-7-9-18(12-15)13-26(6)22(28)20-23-17(3)16(2)21(24-20)27-11-10-19(14-27)25(4)5/h7-9,12,19H,10-11,13-14H2,1-6H3/t19-/m1/s1. The van der Waals surface area contributed by atoms with Crippen molar-refractivity contribution >= 4 is 11.7 Å². The van der Waals surface area contributed by atoms with Gasteiger partial charge >= 0.3 is 0 Å². The van der Waals surface area contributed by atoms with Crippen molar-refractivity contribution in [2.24, 2.45) is 0 Å². The van der Waals surface area contributed by atoms with Gasteiger partial charge in [-0.05, 0) is 46.9 Å². The van der Waals surface area contributed by atoms with Crippen LogP contribution in [0.15, 0.2) is 24.3 Å². The van der Waals surface area contributed by atoms with E-state index < -0.39 is 0 Å². The van der Waals surface area contributed by atoms with Crippen LogP contribution >= 0.6 is 0 Å². The maximum Gasteiger partial charge on any atom is 0.291 e. The van der Waals surface area contributed by atoms with E-state index in [2.05, 4.69) is 47.9 Å². The van der Waals surface area contributed by atoms with Crippen molar-refractivity contribution in [1.82, 2.24) is 19.8 Å². The van der Waals surface area contributed by atoms with Crippen molar-refractivity contribution < 1.29 is 4.79 Å². The largest absolute Gasteiger partial charge is 0.355 e.